The van der Waals surface area contributed by atoms with E-state index in [2.05, 4.69) is 29.9 Å². The summed E-state index contributed by atoms with van der Waals surface area (Å²) in [6.07, 6.45) is 19.4. The lowest BCUT2D eigenvalue weighted by Gasteiger charge is -2.17. The normalized spacial score (nSPS) is 17.1. The third-order valence-electron chi connectivity index (χ3n) is 4.39. The first-order chi connectivity index (χ1) is 11.2. The van der Waals surface area contributed by atoms with Crippen molar-refractivity contribution in [1.82, 2.24) is 0 Å². The van der Waals surface area contributed by atoms with Crippen molar-refractivity contribution in [2.75, 3.05) is 13.7 Å². The third-order valence-corrected chi connectivity index (χ3v) is 4.39. The molecule has 3 nitrogen and oxygen atoms in total. The number of rotatable bonds is 13. The van der Waals surface area contributed by atoms with Gasteiger partial charge in [-0.05, 0) is 31.8 Å². The minimum atomic E-state index is -0.0818. The minimum Gasteiger partial charge on any atom is -0.469 e. The molecule has 0 saturated heterocycles. The Morgan fingerprint density at radius 3 is 2.26 bits per heavy atom. The fourth-order valence-electron chi connectivity index (χ4n) is 2.83. The second-order valence-corrected chi connectivity index (χ2v) is 6.41. The van der Waals surface area contributed by atoms with Crippen LogP contribution in [0.2, 0.25) is 0 Å². The number of unbranched alkanes of at least 4 members (excludes halogenated alkanes) is 8. The van der Waals surface area contributed by atoms with Crippen molar-refractivity contribution in [3.05, 3.63) is 23.8 Å². The molecule has 1 atom stereocenters. The number of hydrogen-bond acceptors (Lipinski definition) is 3. The number of ether oxygens (including phenoxy) is 2. The summed E-state index contributed by atoms with van der Waals surface area (Å²) in [6, 6.07) is 0. The molecule has 132 valence electrons. The highest BCUT2D eigenvalue weighted by atomic mass is 16.5. The van der Waals surface area contributed by atoms with Gasteiger partial charge in [0.2, 0.25) is 0 Å². The zero-order valence-corrected chi connectivity index (χ0v) is 15.0. The zero-order chi connectivity index (χ0) is 16.8. The van der Waals surface area contributed by atoms with Crippen molar-refractivity contribution in [1.29, 1.82) is 0 Å². The highest BCUT2D eigenvalue weighted by molar-refractivity contribution is 5.68. The summed E-state index contributed by atoms with van der Waals surface area (Å²) in [6.45, 7) is 3.02. The van der Waals surface area contributed by atoms with Crippen LogP contribution in [0.25, 0.3) is 0 Å². The zero-order valence-electron chi connectivity index (χ0n) is 15.0. The number of methoxy groups -OCH3 is 1. The molecule has 0 aromatic carbocycles. The van der Waals surface area contributed by atoms with E-state index >= 15 is 0 Å². The number of carbonyl (C=O) groups is 1. The molecule has 0 bridgehead atoms. The smallest absolute Gasteiger partial charge is 0.305 e. The number of carbonyl (C=O) groups excluding carboxylic acids is 1. The molecule has 0 amide bonds. The van der Waals surface area contributed by atoms with Gasteiger partial charge in [-0.15, -0.1) is 0 Å². The molecule has 1 rings (SSSR count). The number of esters is 1. The van der Waals surface area contributed by atoms with E-state index in [-0.39, 0.29) is 12.1 Å². The summed E-state index contributed by atoms with van der Waals surface area (Å²) in [7, 11) is 1.46. The summed E-state index contributed by atoms with van der Waals surface area (Å²) in [4.78, 5) is 11.0. The molecule has 1 aliphatic rings. The second-order valence-electron chi connectivity index (χ2n) is 6.41. The van der Waals surface area contributed by atoms with Crippen LogP contribution in [0.4, 0.5) is 0 Å². The maximum atomic E-state index is 11.0. The van der Waals surface area contributed by atoms with Crippen LogP contribution in [0.3, 0.4) is 0 Å². The molecule has 0 heterocycles. The van der Waals surface area contributed by atoms with Crippen LogP contribution < -0.4 is 0 Å². The summed E-state index contributed by atoms with van der Waals surface area (Å²) in [5, 5.41) is 0. The van der Waals surface area contributed by atoms with Gasteiger partial charge >= 0.3 is 5.97 Å². The van der Waals surface area contributed by atoms with Crippen molar-refractivity contribution in [2.45, 2.75) is 83.7 Å². The van der Waals surface area contributed by atoms with Crippen LogP contribution in [-0.4, -0.2) is 25.8 Å². The highest BCUT2D eigenvalue weighted by Crippen LogP contribution is 2.16. The van der Waals surface area contributed by atoms with Gasteiger partial charge in [0.05, 0.1) is 13.2 Å². The molecule has 23 heavy (non-hydrogen) atoms. The molecule has 3 heteroatoms. The predicted molar refractivity (Wildman–Crippen MR) is 95.4 cm³/mol. The Kier molecular flexibility index (Phi) is 11.6. The summed E-state index contributed by atoms with van der Waals surface area (Å²) >= 11 is 0. The second kappa shape index (κ2) is 13.4. The van der Waals surface area contributed by atoms with Crippen molar-refractivity contribution in [3.63, 3.8) is 0 Å². The van der Waals surface area contributed by atoms with Gasteiger partial charge in [0.15, 0.2) is 0 Å². The van der Waals surface area contributed by atoms with Crippen molar-refractivity contribution in [3.8, 4) is 0 Å². The van der Waals surface area contributed by atoms with Gasteiger partial charge in [-0.25, -0.2) is 0 Å². The van der Waals surface area contributed by atoms with Crippen molar-refractivity contribution < 1.29 is 14.3 Å². The van der Waals surface area contributed by atoms with Crippen molar-refractivity contribution >= 4 is 5.97 Å². The summed E-state index contributed by atoms with van der Waals surface area (Å²) < 4.78 is 10.5. The Morgan fingerprint density at radius 1 is 1.04 bits per heavy atom. The van der Waals surface area contributed by atoms with E-state index < -0.39 is 0 Å². The lowest BCUT2D eigenvalue weighted by atomic mass is 10.0. The largest absolute Gasteiger partial charge is 0.469 e. The molecular formula is C20H34O3. The predicted octanol–water partition coefficient (Wildman–Crippen LogP) is 5.35. The third kappa shape index (κ3) is 10.3. The van der Waals surface area contributed by atoms with Gasteiger partial charge in [0.25, 0.3) is 0 Å². The van der Waals surface area contributed by atoms with E-state index in [1.165, 1.54) is 51.2 Å². The molecule has 0 fully saturated rings. The monoisotopic (exact) mass is 322 g/mol. The number of allylic oxidation sites excluding steroid dienone is 2. The Hall–Kier alpha value is -1.09. The van der Waals surface area contributed by atoms with Gasteiger partial charge in [0.1, 0.15) is 0 Å². The van der Waals surface area contributed by atoms with Gasteiger partial charge in [-0.2, -0.15) is 0 Å². The molecular weight excluding hydrogens is 288 g/mol. The molecule has 1 unspecified atom stereocenters. The van der Waals surface area contributed by atoms with Crippen LogP contribution >= 0.6 is 0 Å². The molecule has 0 radical (unpaired) electrons. The SMILES string of the molecule is COC(=O)CCCCCCCCCCCOC1C=CCC=C1C. The molecule has 0 aromatic heterocycles. The first kappa shape index (κ1) is 20.0. The van der Waals surface area contributed by atoms with Gasteiger partial charge in [-0.1, -0.05) is 63.2 Å². The first-order valence-electron chi connectivity index (χ1n) is 9.25. The van der Waals surface area contributed by atoms with Crippen LogP contribution in [0, 0.1) is 0 Å². The van der Waals surface area contributed by atoms with E-state index in [1.54, 1.807) is 0 Å². The van der Waals surface area contributed by atoms with E-state index in [9.17, 15) is 4.79 Å². The number of hydrogen-bond donors (Lipinski definition) is 0. The Labute approximate surface area is 142 Å². The Balaban J connectivity index is 1.80. The quantitative estimate of drug-likeness (QED) is 0.260. The Morgan fingerprint density at radius 2 is 1.65 bits per heavy atom. The van der Waals surface area contributed by atoms with Gasteiger partial charge < -0.3 is 9.47 Å². The average Bonchev–Trinajstić information content (AvgIpc) is 2.57. The summed E-state index contributed by atoms with van der Waals surface area (Å²) in [5.41, 5.74) is 1.35. The van der Waals surface area contributed by atoms with Crippen LogP contribution in [0.5, 0.6) is 0 Å². The topological polar surface area (TPSA) is 35.5 Å². The fraction of sp³-hybridized carbons (Fsp3) is 0.750. The fourth-order valence-corrected chi connectivity index (χ4v) is 2.83. The molecule has 0 spiro atoms. The average molecular weight is 322 g/mol. The molecule has 0 N–H and O–H groups in total. The maximum Gasteiger partial charge on any atom is 0.305 e. The van der Waals surface area contributed by atoms with Crippen molar-refractivity contribution in [2.24, 2.45) is 0 Å². The maximum absolute atomic E-state index is 11.0. The lowest BCUT2D eigenvalue weighted by Crippen LogP contribution is -2.14. The Bertz CT molecular complexity index is 371. The molecule has 0 saturated carbocycles. The molecule has 0 aliphatic heterocycles. The molecule has 1 aliphatic carbocycles. The summed E-state index contributed by atoms with van der Waals surface area (Å²) in [5.74, 6) is -0.0818. The lowest BCUT2D eigenvalue weighted by molar-refractivity contribution is -0.140. The minimum absolute atomic E-state index is 0.0818. The van der Waals surface area contributed by atoms with Gasteiger partial charge in [-0.3, -0.25) is 4.79 Å². The highest BCUT2D eigenvalue weighted by Gasteiger charge is 2.09. The van der Waals surface area contributed by atoms with Crippen LogP contribution in [0.1, 0.15) is 77.6 Å². The first-order valence-corrected chi connectivity index (χ1v) is 9.25. The molecule has 0 aromatic rings. The van der Waals surface area contributed by atoms with E-state index in [0.29, 0.717) is 6.42 Å². The van der Waals surface area contributed by atoms with Gasteiger partial charge in [0, 0.05) is 13.0 Å². The standard InChI is InChI=1S/C20H34O3/c1-18-14-11-12-15-19(18)23-17-13-9-7-5-3-4-6-8-10-16-20(21)22-2/h12,14-15,19H,3-11,13,16-17H2,1-2H3. The van der Waals surface area contributed by atoms with E-state index in [1.807, 2.05) is 0 Å². The van der Waals surface area contributed by atoms with E-state index in [0.717, 1.165) is 32.3 Å². The van der Waals surface area contributed by atoms with Crippen LogP contribution in [0.15, 0.2) is 23.8 Å². The van der Waals surface area contributed by atoms with E-state index in [4.69, 9.17) is 4.74 Å². The van der Waals surface area contributed by atoms with Crippen LogP contribution in [-0.2, 0) is 14.3 Å².